The highest BCUT2D eigenvalue weighted by atomic mass is 19.4. The van der Waals surface area contributed by atoms with Gasteiger partial charge in [0.25, 0.3) is 5.91 Å². The maximum Gasteiger partial charge on any atom is 0.416 e. The number of carbonyl (C=O) groups excluding carboxylic acids is 2. The lowest BCUT2D eigenvalue weighted by atomic mass is 10.1. The third-order valence-electron chi connectivity index (χ3n) is 4.68. The average molecular weight is 370 g/mol. The molecule has 6 nitrogen and oxygen atoms in total. The van der Waals surface area contributed by atoms with Crippen molar-refractivity contribution >= 4 is 23.5 Å². The van der Waals surface area contributed by atoms with Gasteiger partial charge in [-0.1, -0.05) is 0 Å². The number of aliphatic carboxylic acids is 1. The van der Waals surface area contributed by atoms with Crippen LogP contribution in [0.5, 0.6) is 0 Å². The number of carbonyl (C=O) groups is 3. The molecule has 0 saturated carbocycles. The van der Waals surface area contributed by atoms with Crippen molar-refractivity contribution < 1.29 is 32.7 Å². The minimum absolute atomic E-state index is 0.0109. The molecule has 2 aliphatic heterocycles. The van der Waals surface area contributed by atoms with Gasteiger partial charge < -0.3 is 14.9 Å². The lowest BCUT2D eigenvalue weighted by Crippen LogP contribution is -2.40. The van der Waals surface area contributed by atoms with Gasteiger partial charge >= 0.3 is 12.1 Å². The van der Waals surface area contributed by atoms with Gasteiger partial charge in [-0.15, -0.1) is 0 Å². The maximum atomic E-state index is 13.3. The van der Waals surface area contributed by atoms with Gasteiger partial charge in [-0.25, -0.2) is 4.79 Å². The molecular formula is C17H17F3N2O4. The van der Waals surface area contributed by atoms with Crippen LogP contribution in [0.3, 0.4) is 0 Å². The molecular weight excluding hydrogens is 353 g/mol. The summed E-state index contributed by atoms with van der Waals surface area (Å²) in [6, 6.07) is 1.74. The van der Waals surface area contributed by atoms with Gasteiger partial charge in [0, 0.05) is 30.8 Å². The van der Waals surface area contributed by atoms with Gasteiger partial charge in [0.1, 0.15) is 6.04 Å². The first-order valence-corrected chi connectivity index (χ1v) is 8.25. The van der Waals surface area contributed by atoms with Crippen LogP contribution in [0.1, 0.15) is 41.6 Å². The smallest absolute Gasteiger partial charge is 0.416 e. The molecule has 140 valence electrons. The first-order chi connectivity index (χ1) is 12.2. The number of likely N-dealkylation sites (tertiary alicyclic amines) is 1. The molecule has 0 aliphatic carbocycles. The first kappa shape index (κ1) is 18.2. The van der Waals surface area contributed by atoms with E-state index < -0.39 is 29.7 Å². The topological polar surface area (TPSA) is 77.9 Å². The number of nitrogens with zero attached hydrogens (tertiary/aromatic N) is 2. The molecule has 2 aliphatic rings. The highest BCUT2D eigenvalue weighted by molar-refractivity contribution is 6.00. The Morgan fingerprint density at radius 1 is 1.12 bits per heavy atom. The van der Waals surface area contributed by atoms with Crippen LogP contribution in [0.25, 0.3) is 0 Å². The molecule has 2 amide bonds. The van der Waals surface area contributed by atoms with E-state index in [1.54, 1.807) is 0 Å². The molecule has 0 aromatic heterocycles. The molecule has 1 N–H and O–H groups in total. The second-order valence-electron chi connectivity index (χ2n) is 6.41. The Bertz CT molecular complexity index is 763. The van der Waals surface area contributed by atoms with E-state index >= 15 is 0 Å². The standard InChI is InChI=1S/C17H17F3N2O4/c18-17(19,20)11-7-10(8-12(9-11)21-5-2-4-14(21)23)15(24)22-6-1-3-13(22)16(25)26/h7-9,13H,1-6H2,(H,25,26)/t13-/m0/s1. The summed E-state index contributed by atoms with van der Waals surface area (Å²) in [6.45, 7) is 0.458. The van der Waals surface area contributed by atoms with Crippen LogP contribution in [0, 0.1) is 0 Å². The minimum atomic E-state index is -4.69. The predicted octanol–water partition coefficient (Wildman–Crippen LogP) is 2.52. The molecule has 2 heterocycles. The number of alkyl halides is 3. The number of carboxylic acid groups (broad SMARTS) is 1. The zero-order valence-electron chi connectivity index (χ0n) is 13.8. The van der Waals surface area contributed by atoms with Crippen LogP contribution in [-0.2, 0) is 15.8 Å². The summed E-state index contributed by atoms with van der Waals surface area (Å²) in [6.07, 6.45) is -3.18. The fraction of sp³-hybridized carbons (Fsp3) is 0.471. The van der Waals surface area contributed by atoms with E-state index in [1.165, 1.54) is 11.0 Å². The number of halogens is 3. The van der Waals surface area contributed by atoms with Gasteiger partial charge in [0.2, 0.25) is 5.91 Å². The largest absolute Gasteiger partial charge is 0.480 e. The number of amides is 2. The number of hydrogen-bond acceptors (Lipinski definition) is 3. The number of carboxylic acids is 1. The Morgan fingerprint density at radius 3 is 2.42 bits per heavy atom. The molecule has 3 rings (SSSR count). The molecule has 26 heavy (non-hydrogen) atoms. The summed E-state index contributed by atoms with van der Waals surface area (Å²) in [5, 5.41) is 9.20. The molecule has 0 spiro atoms. The van der Waals surface area contributed by atoms with Gasteiger partial charge in [-0.05, 0) is 37.5 Å². The van der Waals surface area contributed by atoms with Crippen molar-refractivity contribution in [3.05, 3.63) is 29.3 Å². The molecule has 0 radical (unpaired) electrons. The summed E-state index contributed by atoms with van der Waals surface area (Å²) in [5.41, 5.74) is -1.29. The summed E-state index contributed by atoms with van der Waals surface area (Å²) >= 11 is 0. The van der Waals surface area contributed by atoms with Crippen molar-refractivity contribution in [3.63, 3.8) is 0 Å². The fourth-order valence-electron chi connectivity index (χ4n) is 3.41. The van der Waals surface area contributed by atoms with Gasteiger partial charge in [-0.2, -0.15) is 13.2 Å². The molecule has 1 aromatic rings. The lowest BCUT2D eigenvalue weighted by molar-refractivity contribution is -0.141. The molecule has 2 saturated heterocycles. The van der Waals surface area contributed by atoms with Gasteiger partial charge in [0.05, 0.1) is 5.56 Å². The van der Waals surface area contributed by atoms with E-state index in [0.29, 0.717) is 18.9 Å². The Kier molecular flexibility index (Phi) is 4.64. The highest BCUT2D eigenvalue weighted by Gasteiger charge is 2.37. The highest BCUT2D eigenvalue weighted by Crippen LogP contribution is 2.35. The zero-order valence-corrected chi connectivity index (χ0v) is 13.8. The van der Waals surface area contributed by atoms with E-state index in [4.69, 9.17) is 0 Å². The summed E-state index contributed by atoms with van der Waals surface area (Å²) < 4.78 is 39.8. The number of rotatable bonds is 3. The second-order valence-corrected chi connectivity index (χ2v) is 6.41. The maximum absolute atomic E-state index is 13.3. The van der Waals surface area contributed by atoms with E-state index in [1.807, 2.05) is 0 Å². The Balaban J connectivity index is 2.01. The SMILES string of the molecule is O=C(O)[C@@H]1CCCN1C(=O)c1cc(N2CCCC2=O)cc(C(F)(F)F)c1. The summed E-state index contributed by atoms with van der Waals surface area (Å²) in [4.78, 5) is 38.1. The Hall–Kier alpha value is -2.58. The van der Waals surface area contributed by atoms with Crippen LogP contribution in [0.15, 0.2) is 18.2 Å². The quantitative estimate of drug-likeness (QED) is 0.887. The number of benzene rings is 1. The predicted molar refractivity (Wildman–Crippen MR) is 84.7 cm³/mol. The van der Waals surface area contributed by atoms with Crippen LogP contribution in [-0.4, -0.2) is 46.9 Å². The van der Waals surface area contributed by atoms with Gasteiger partial charge in [-0.3, -0.25) is 9.59 Å². The molecule has 2 fully saturated rings. The van der Waals surface area contributed by atoms with E-state index in [2.05, 4.69) is 0 Å². The molecule has 1 aromatic carbocycles. The van der Waals surface area contributed by atoms with Crippen molar-refractivity contribution in [2.45, 2.75) is 37.9 Å². The van der Waals surface area contributed by atoms with Crippen molar-refractivity contribution in [2.75, 3.05) is 18.0 Å². The monoisotopic (exact) mass is 370 g/mol. The Labute approximate surface area is 147 Å². The number of anilines is 1. The third-order valence-corrected chi connectivity index (χ3v) is 4.68. The van der Waals surface area contributed by atoms with Crippen LogP contribution < -0.4 is 4.90 Å². The summed E-state index contributed by atoms with van der Waals surface area (Å²) in [7, 11) is 0. The van der Waals surface area contributed by atoms with E-state index in [-0.39, 0.29) is 43.1 Å². The summed E-state index contributed by atoms with van der Waals surface area (Å²) in [5.74, 6) is -2.25. The molecule has 0 bridgehead atoms. The molecule has 0 unspecified atom stereocenters. The van der Waals surface area contributed by atoms with Crippen molar-refractivity contribution in [1.82, 2.24) is 4.90 Å². The van der Waals surface area contributed by atoms with Crippen LogP contribution in [0.2, 0.25) is 0 Å². The van der Waals surface area contributed by atoms with Crippen LogP contribution >= 0.6 is 0 Å². The van der Waals surface area contributed by atoms with Crippen molar-refractivity contribution in [3.8, 4) is 0 Å². The number of hydrogen-bond donors (Lipinski definition) is 1. The molecule has 1 atom stereocenters. The third kappa shape index (κ3) is 3.38. The van der Waals surface area contributed by atoms with Crippen LogP contribution in [0.4, 0.5) is 18.9 Å². The van der Waals surface area contributed by atoms with E-state index in [9.17, 15) is 32.7 Å². The fourth-order valence-corrected chi connectivity index (χ4v) is 3.41. The normalized spacial score (nSPS) is 20.7. The van der Waals surface area contributed by atoms with Crippen molar-refractivity contribution in [2.24, 2.45) is 0 Å². The van der Waals surface area contributed by atoms with E-state index in [0.717, 1.165) is 11.0 Å². The zero-order chi connectivity index (χ0) is 19.1. The van der Waals surface area contributed by atoms with Crippen molar-refractivity contribution in [1.29, 1.82) is 0 Å². The first-order valence-electron chi connectivity index (χ1n) is 8.25. The second kappa shape index (κ2) is 6.62. The average Bonchev–Trinajstić information content (AvgIpc) is 3.21. The van der Waals surface area contributed by atoms with Gasteiger partial charge in [0.15, 0.2) is 0 Å². The Morgan fingerprint density at radius 2 is 1.85 bits per heavy atom. The molecule has 9 heteroatoms. The lowest BCUT2D eigenvalue weighted by Gasteiger charge is -2.24. The minimum Gasteiger partial charge on any atom is -0.480 e.